The van der Waals surface area contributed by atoms with E-state index in [1.165, 1.54) is 0 Å². The second kappa shape index (κ2) is 7.40. The molecule has 1 aliphatic heterocycles. The first-order chi connectivity index (χ1) is 12.1. The molecule has 0 bridgehead atoms. The monoisotopic (exact) mass is 341 g/mol. The number of hydrogen-bond donors (Lipinski definition) is 1. The minimum Gasteiger partial charge on any atom is -0.391 e. The van der Waals surface area contributed by atoms with Gasteiger partial charge in [0.05, 0.1) is 29.9 Å². The standard InChI is InChI=1S/C20H27N3O2/c1-4-16(5-2)23-14(3)18(12-21-23)20(25)22-13-17(24)11-19(22)15-9-7-6-8-10-15/h6-10,12,16-17,19,24H,4-5,11,13H2,1-3H3/t17-,19+/m1/s1. The van der Waals surface area contributed by atoms with Crippen molar-refractivity contribution >= 4 is 5.91 Å². The van der Waals surface area contributed by atoms with Gasteiger partial charge in [-0.25, -0.2) is 0 Å². The molecule has 0 saturated carbocycles. The van der Waals surface area contributed by atoms with Gasteiger partial charge in [0.1, 0.15) is 0 Å². The van der Waals surface area contributed by atoms with E-state index in [1.807, 2.05) is 41.9 Å². The third-order valence-corrected chi connectivity index (χ3v) is 5.29. The molecule has 1 N–H and O–H groups in total. The van der Waals surface area contributed by atoms with Crippen LogP contribution in [0.5, 0.6) is 0 Å². The Labute approximate surface area is 149 Å². The van der Waals surface area contributed by atoms with E-state index in [-0.39, 0.29) is 11.9 Å². The smallest absolute Gasteiger partial charge is 0.257 e. The predicted molar refractivity (Wildman–Crippen MR) is 97.4 cm³/mol. The fraction of sp³-hybridized carbons (Fsp3) is 0.500. The Morgan fingerprint density at radius 1 is 1.28 bits per heavy atom. The molecule has 134 valence electrons. The van der Waals surface area contributed by atoms with Crippen molar-refractivity contribution in [1.29, 1.82) is 0 Å². The molecule has 1 aromatic heterocycles. The lowest BCUT2D eigenvalue weighted by molar-refractivity contribution is 0.0715. The summed E-state index contributed by atoms with van der Waals surface area (Å²) in [6.45, 7) is 6.61. The molecule has 3 rings (SSSR count). The minimum atomic E-state index is -0.483. The van der Waals surface area contributed by atoms with E-state index in [2.05, 4.69) is 18.9 Å². The minimum absolute atomic E-state index is 0.0416. The highest BCUT2D eigenvalue weighted by Crippen LogP contribution is 2.34. The molecule has 0 unspecified atom stereocenters. The molecular formula is C20H27N3O2. The molecule has 0 aliphatic carbocycles. The predicted octanol–water partition coefficient (Wildman–Crippen LogP) is 3.50. The number of amides is 1. The number of nitrogens with zero attached hydrogens (tertiary/aromatic N) is 3. The Balaban J connectivity index is 1.89. The number of benzene rings is 1. The number of aromatic nitrogens is 2. The molecule has 5 nitrogen and oxygen atoms in total. The molecule has 0 spiro atoms. The van der Waals surface area contributed by atoms with Crippen LogP contribution in [0.2, 0.25) is 0 Å². The highest BCUT2D eigenvalue weighted by Gasteiger charge is 2.36. The fourth-order valence-electron chi connectivity index (χ4n) is 3.82. The Morgan fingerprint density at radius 3 is 2.60 bits per heavy atom. The van der Waals surface area contributed by atoms with Crippen molar-refractivity contribution in [2.75, 3.05) is 6.54 Å². The van der Waals surface area contributed by atoms with Gasteiger partial charge in [0.2, 0.25) is 0 Å². The summed E-state index contributed by atoms with van der Waals surface area (Å²) in [4.78, 5) is 15.0. The lowest BCUT2D eigenvalue weighted by atomic mass is 10.0. The van der Waals surface area contributed by atoms with E-state index in [4.69, 9.17) is 0 Å². The first-order valence-electron chi connectivity index (χ1n) is 9.14. The lowest BCUT2D eigenvalue weighted by Gasteiger charge is -2.25. The lowest BCUT2D eigenvalue weighted by Crippen LogP contribution is -2.32. The molecule has 2 aromatic rings. The zero-order chi connectivity index (χ0) is 18.0. The SMILES string of the molecule is CCC(CC)n1ncc(C(=O)N2C[C@H](O)C[C@H]2c2ccccc2)c1C. The molecule has 1 saturated heterocycles. The van der Waals surface area contributed by atoms with Crippen LogP contribution in [0.15, 0.2) is 36.5 Å². The third kappa shape index (κ3) is 3.33. The number of β-amino-alcohol motifs (C(OH)–C–C–N with tert-alkyl or cyclic N) is 1. The normalized spacial score (nSPS) is 20.4. The fourth-order valence-corrected chi connectivity index (χ4v) is 3.82. The summed E-state index contributed by atoms with van der Waals surface area (Å²) in [7, 11) is 0. The van der Waals surface area contributed by atoms with Gasteiger partial charge in [-0.2, -0.15) is 5.10 Å². The summed E-state index contributed by atoms with van der Waals surface area (Å²) in [5.74, 6) is -0.0416. The van der Waals surface area contributed by atoms with Gasteiger partial charge in [0, 0.05) is 12.2 Å². The number of rotatable bonds is 5. The molecule has 1 amide bonds. The molecule has 0 radical (unpaired) electrons. The van der Waals surface area contributed by atoms with E-state index < -0.39 is 6.10 Å². The maximum Gasteiger partial charge on any atom is 0.257 e. The van der Waals surface area contributed by atoms with Gasteiger partial charge in [-0.05, 0) is 31.7 Å². The summed E-state index contributed by atoms with van der Waals surface area (Å²) in [5, 5.41) is 14.6. The van der Waals surface area contributed by atoms with Gasteiger partial charge in [-0.1, -0.05) is 44.2 Å². The van der Waals surface area contributed by atoms with Crippen molar-refractivity contribution in [1.82, 2.24) is 14.7 Å². The van der Waals surface area contributed by atoms with Gasteiger partial charge in [0.25, 0.3) is 5.91 Å². The van der Waals surface area contributed by atoms with Gasteiger partial charge in [-0.3, -0.25) is 9.48 Å². The number of carbonyl (C=O) groups excluding carboxylic acids is 1. The Bertz CT molecular complexity index is 722. The molecular weight excluding hydrogens is 314 g/mol. The van der Waals surface area contributed by atoms with E-state index in [0.717, 1.165) is 24.1 Å². The van der Waals surface area contributed by atoms with Crippen LogP contribution < -0.4 is 0 Å². The third-order valence-electron chi connectivity index (χ3n) is 5.29. The van der Waals surface area contributed by atoms with Gasteiger partial charge >= 0.3 is 0 Å². The summed E-state index contributed by atoms with van der Waals surface area (Å²) in [6.07, 6.45) is 3.75. The molecule has 1 aliphatic rings. The van der Waals surface area contributed by atoms with Crippen LogP contribution in [-0.4, -0.2) is 38.3 Å². The number of aliphatic hydroxyl groups is 1. The first kappa shape index (κ1) is 17.7. The molecule has 25 heavy (non-hydrogen) atoms. The van der Waals surface area contributed by atoms with Crippen molar-refractivity contribution in [3.05, 3.63) is 53.3 Å². The second-order valence-electron chi connectivity index (χ2n) is 6.83. The van der Waals surface area contributed by atoms with E-state index in [0.29, 0.717) is 24.6 Å². The van der Waals surface area contributed by atoms with Crippen molar-refractivity contribution in [3.8, 4) is 0 Å². The summed E-state index contributed by atoms with van der Waals surface area (Å²) in [6, 6.07) is 10.2. The maximum atomic E-state index is 13.2. The van der Waals surface area contributed by atoms with Crippen LogP contribution in [0.4, 0.5) is 0 Å². The van der Waals surface area contributed by atoms with Crippen molar-refractivity contribution in [2.24, 2.45) is 0 Å². The van der Waals surface area contributed by atoms with Crippen LogP contribution >= 0.6 is 0 Å². The van der Waals surface area contributed by atoms with Gasteiger partial charge in [0.15, 0.2) is 0 Å². The van der Waals surface area contributed by atoms with Gasteiger partial charge < -0.3 is 10.0 Å². The highest BCUT2D eigenvalue weighted by atomic mass is 16.3. The molecule has 5 heteroatoms. The van der Waals surface area contributed by atoms with E-state index in [1.54, 1.807) is 11.1 Å². The largest absolute Gasteiger partial charge is 0.391 e. The molecule has 2 atom stereocenters. The van der Waals surface area contributed by atoms with Crippen LogP contribution in [0.3, 0.4) is 0 Å². The molecule has 2 heterocycles. The molecule has 1 fully saturated rings. The maximum absolute atomic E-state index is 13.2. The van der Waals surface area contributed by atoms with Crippen LogP contribution in [0.1, 0.15) is 66.8 Å². The Kier molecular flexibility index (Phi) is 5.23. The number of hydrogen-bond acceptors (Lipinski definition) is 3. The number of likely N-dealkylation sites (tertiary alicyclic amines) is 1. The van der Waals surface area contributed by atoms with Crippen molar-refractivity contribution in [3.63, 3.8) is 0 Å². The summed E-state index contributed by atoms with van der Waals surface area (Å²) < 4.78 is 1.97. The highest BCUT2D eigenvalue weighted by molar-refractivity contribution is 5.95. The second-order valence-corrected chi connectivity index (χ2v) is 6.83. The average molecular weight is 341 g/mol. The van der Waals surface area contributed by atoms with Crippen LogP contribution in [-0.2, 0) is 0 Å². The van der Waals surface area contributed by atoms with Gasteiger partial charge in [-0.15, -0.1) is 0 Å². The average Bonchev–Trinajstić information content (AvgIpc) is 3.20. The number of aliphatic hydroxyl groups excluding tert-OH is 1. The van der Waals surface area contributed by atoms with Crippen LogP contribution in [0.25, 0.3) is 0 Å². The number of carbonyl (C=O) groups is 1. The van der Waals surface area contributed by atoms with Crippen molar-refractivity contribution in [2.45, 2.75) is 58.2 Å². The zero-order valence-electron chi connectivity index (χ0n) is 15.2. The topological polar surface area (TPSA) is 58.4 Å². The van der Waals surface area contributed by atoms with Crippen molar-refractivity contribution < 1.29 is 9.90 Å². The summed E-state index contributed by atoms with van der Waals surface area (Å²) in [5.41, 5.74) is 2.62. The first-order valence-corrected chi connectivity index (χ1v) is 9.14. The molecule has 1 aromatic carbocycles. The quantitative estimate of drug-likeness (QED) is 0.905. The Morgan fingerprint density at radius 2 is 1.96 bits per heavy atom. The Hall–Kier alpha value is -2.14. The summed E-state index contributed by atoms with van der Waals surface area (Å²) >= 11 is 0. The van der Waals surface area contributed by atoms with Crippen LogP contribution in [0, 0.1) is 6.92 Å². The van der Waals surface area contributed by atoms with E-state index >= 15 is 0 Å². The zero-order valence-corrected chi connectivity index (χ0v) is 15.2. The van der Waals surface area contributed by atoms with E-state index in [9.17, 15) is 9.90 Å².